The molecule has 2 aromatic carbocycles. The minimum absolute atomic E-state index is 0.0117. The van der Waals surface area contributed by atoms with Crippen LogP contribution in [0.25, 0.3) is 0 Å². The summed E-state index contributed by atoms with van der Waals surface area (Å²) in [5.41, 5.74) is 6.38. The number of hydrogen-bond donors (Lipinski definition) is 4. The number of piperidine rings is 1. The van der Waals surface area contributed by atoms with Crippen molar-refractivity contribution in [3.05, 3.63) is 82.0 Å². The van der Waals surface area contributed by atoms with Crippen LogP contribution in [0.1, 0.15) is 40.6 Å². The molecule has 0 radical (unpaired) electrons. The van der Waals surface area contributed by atoms with E-state index >= 15 is 0 Å². The molecule has 0 spiro atoms. The van der Waals surface area contributed by atoms with Gasteiger partial charge in [0, 0.05) is 21.9 Å². The average Bonchev–Trinajstić information content (AvgIpc) is 3.23. The highest BCUT2D eigenvalue weighted by Gasteiger charge is 2.64. The van der Waals surface area contributed by atoms with Gasteiger partial charge in [-0.05, 0) is 48.6 Å². The van der Waals surface area contributed by atoms with Crippen LogP contribution in [-0.4, -0.2) is 47.1 Å². The smallest absolute Gasteiger partial charge is 0.255 e. The number of benzene rings is 2. The van der Waals surface area contributed by atoms with Gasteiger partial charge in [-0.25, -0.2) is 0 Å². The summed E-state index contributed by atoms with van der Waals surface area (Å²) in [4.78, 5) is 41.9. The number of nitrogens with one attached hydrogen (secondary N) is 3. The van der Waals surface area contributed by atoms with E-state index in [-0.39, 0.29) is 35.7 Å². The highest BCUT2D eigenvalue weighted by molar-refractivity contribution is 7.10. The summed E-state index contributed by atoms with van der Waals surface area (Å²) in [6.07, 6.45) is 1.43. The number of thiophene rings is 1. The third-order valence-corrected chi connectivity index (χ3v) is 8.07. The van der Waals surface area contributed by atoms with E-state index < -0.39 is 11.9 Å². The van der Waals surface area contributed by atoms with Gasteiger partial charge in [0.1, 0.15) is 23.4 Å². The van der Waals surface area contributed by atoms with Crippen molar-refractivity contribution in [2.75, 3.05) is 6.54 Å². The van der Waals surface area contributed by atoms with Crippen LogP contribution in [-0.2, 0) is 16.1 Å². The summed E-state index contributed by atoms with van der Waals surface area (Å²) in [5, 5.41) is 14.9. The lowest BCUT2D eigenvalue weighted by molar-refractivity contribution is -0.139. The number of hydrogen-bond acceptors (Lipinski definition) is 6. The van der Waals surface area contributed by atoms with Crippen LogP contribution in [0.15, 0.2) is 66.0 Å². The molecule has 3 amide bonds. The normalized spacial score (nSPS) is 21.3. The molecule has 196 valence electrons. The van der Waals surface area contributed by atoms with Gasteiger partial charge in [-0.15, -0.1) is 11.3 Å². The van der Waals surface area contributed by atoms with Crippen LogP contribution in [0.5, 0.6) is 11.5 Å². The first-order valence-corrected chi connectivity index (χ1v) is 13.2. The number of rotatable bonds is 9. The zero-order chi connectivity index (χ0) is 26.9. The van der Waals surface area contributed by atoms with Crippen molar-refractivity contribution in [2.24, 2.45) is 11.1 Å². The predicted octanol–water partition coefficient (Wildman–Crippen LogP) is 3.25. The lowest BCUT2D eigenvalue weighted by atomic mass is 10.0. The van der Waals surface area contributed by atoms with Crippen LogP contribution >= 0.6 is 11.3 Å². The van der Waals surface area contributed by atoms with Crippen molar-refractivity contribution in [3.8, 4) is 11.5 Å². The molecule has 1 saturated heterocycles. The molecule has 2 fully saturated rings. The molecular formula is C28H29N5O4S. The van der Waals surface area contributed by atoms with Crippen LogP contribution in [0.2, 0.25) is 0 Å². The Morgan fingerprint density at radius 1 is 1.11 bits per heavy atom. The van der Waals surface area contributed by atoms with Gasteiger partial charge in [-0.3, -0.25) is 19.8 Å². The first-order chi connectivity index (χ1) is 18.2. The third-order valence-electron chi connectivity index (χ3n) is 7.13. The Balaban J connectivity index is 1.21. The van der Waals surface area contributed by atoms with Crippen LogP contribution in [0.4, 0.5) is 0 Å². The summed E-state index contributed by atoms with van der Waals surface area (Å²) in [6.45, 7) is 2.16. The van der Waals surface area contributed by atoms with Crippen molar-refractivity contribution in [1.29, 1.82) is 5.41 Å². The number of fused-ring (bicyclic) bond motifs is 1. The number of nitrogen functional groups attached to an aromatic ring is 1. The molecule has 3 atom stereocenters. The number of likely N-dealkylation sites (tertiary alicyclic amines) is 1. The number of ether oxygens (including phenoxy) is 1. The maximum absolute atomic E-state index is 13.3. The number of nitrogens with two attached hydrogens (primary N) is 1. The number of amides is 3. The van der Waals surface area contributed by atoms with E-state index in [1.807, 2.05) is 18.2 Å². The number of carbonyl (C=O) groups is 3. The molecular weight excluding hydrogens is 502 g/mol. The molecule has 2 aliphatic rings. The Labute approximate surface area is 224 Å². The summed E-state index contributed by atoms with van der Waals surface area (Å²) in [6, 6.07) is 17.2. The van der Waals surface area contributed by atoms with E-state index in [0.717, 1.165) is 11.3 Å². The largest absolute Gasteiger partial charge is 0.457 e. The fourth-order valence-corrected chi connectivity index (χ4v) is 5.79. The predicted molar refractivity (Wildman–Crippen MR) is 144 cm³/mol. The van der Waals surface area contributed by atoms with Crippen molar-refractivity contribution < 1.29 is 19.1 Å². The summed E-state index contributed by atoms with van der Waals surface area (Å²) >= 11 is 1.41. The first kappa shape index (κ1) is 25.5. The maximum atomic E-state index is 13.3. The maximum Gasteiger partial charge on any atom is 0.255 e. The number of nitrogens with zero attached hydrogens (tertiary/aromatic N) is 1. The zero-order valence-electron chi connectivity index (χ0n) is 20.9. The Morgan fingerprint density at radius 3 is 2.58 bits per heavy atom. The Kier molecular flexibility index (Phi) is 6.90. The van der Waals surface area contributed by atoms with Crippen LogP contribution in [0, 0.1) is 10.8 Å². The highest BCUT2D eigenvalue weighted by Crippen LogP contribution is 2.59. The van der Waals surface area contributed by atoms with E-state index in [2.05, 4.69) is 17.6 Å². The average molecular weight is 532 g/mol. The van der Waals surface area contributed by atoms with Crippen LogP contribution in [0.3, 0.4) is 0 Å². The van der Waals surface area contributed by atoms with E-state index in [1.165, 1.54) is 11.3 Å². The van der Waals surface area contributed by atoms with E-state index in [4.69, 9.17) is 15.9 Å². The molecule has 3 aromatic rings. The molecule has 2 heterocycles. The Morgan fingerprint density at radius 2 is 1.84 bits per heavy atom. The minimum atomic E-state index is -0.593. The lowest BCUT2D eigenvalue weighted by Crippen LogP contribution is -2.50. The van der Waals surface area contributed by atoms with Gasteiger partial charge in [0.05, 0.1) is 18.7 Å². The molecule has 5 rings (SSSR count). The molecule has 38 heavy (non-hydrogen) atoms. The SMILES string of the molecule is C[C@@]12C[C@@H]1N(C(=O)CNC(=O)c1ccccc1Oc1ccccc1)[C@H](C(=O)NCc1cc(C(=N)N)cs1)C2. The van der Waals surface area contributed by atoms with Crippen molar-refractivity contribution in [1.82, 2.24) is 15.5 Å². The molecule has 10 heteroatoms. The van der Waals surface area contributed by atoms with E-state index in [1.54, 1.807) is 52.7 Å². The third kappa shape index (κ3) is 5.26. The zero-order valence-corrected chi connectivity index (χ0v) is 21.7. The summed E-state index contributed by atoms with van der Waals surface area (Å²) in [7, 11) is 0. The van der Waals surface area contributed by atoms with Gasteiger partial charge in [0.25, 0.3) is 5.91 Å². The molecule has 9 nitrogen and oxygen atoms in total. The van der Waals surface area contributed by atoms with Gasteiger partial charge < -0.3 is 26.0 Å². The topological polar surface area (TPSA) is 138 Å². The standard InChI is InChI=1S/C28H29N5O4S/c1-28-12-21(27(36)31-14-19-11-17(16-38-19)25(29)30)33(23(28)13-28)24(34)15-32-26(35)20-9-5-6-10-22(20)37-18-7-3-2-4-8-18/h2-11,16,21,23H,12-15H2,1H3,(H3,29,30)(H,31,36)(H,32,35)/t21-,23-,28+/m0/s1. The van der Waals surface area contributed by atoms with Gasteiger partial charge in [-0.2, -0.15) is 0 Å². The lowest BCUT2D eigenvalue weighted by Gasteiger charge is -2.27. The summed E-state index contributed by atoms with van der Waals surface area (Å²) in [5.74, 6) is 0.0261. The fraction of sp³-hybridized carbons (Fsp3) is 0.286. The molecule has 0 bridgehead atoms. The van der Waals surface area contributed by atoms with Gasteiger partial charge in [0.2, 0.25) is 11.8 Å². The summed E-state index contributed by atoms with van der Waals surface area (Å²) < 4.78 is 5.87. The second-order valence-corrected chi connectivity index (χ2v) is 10.9. The van der Waals surface area contributed by atoms with E-state index in [0.29, 0.717) is 35.6 Å². The number of carbonyl (C=O) groups excluding carboxylic acids is 3. The quantitative estimate of drug-likeness (QED) is 0.248. The van der Waals surface area contributed by atoms with Crippen molar-refractivity contribution >= 4 is 34.9 Å². The monoisotopic (exact) mass is 531 g/mol. The number of para-hydroxylation sites is 2. The molecule has 1 aromatic heterocycles. The Hall–Kier alpha value is -4.18. The second kappa shape index (κ2) is 10.3. The first-order valence-electron chi connectivity index (χ1n) is 12.4. The van der Waals surface area contributed by atoms with E-state index in [9.17, 15) is 14.4 Å². The molecule has 0 unspecified atom stereocenters. The van der Waals surface area contributed by atoms with Gasteiger partial charge >= 0.3 is 0 Å². The van der Waals surface area contributed by atoms with Gasteiger partial charge in [0.15, 0.2) is 0 Å². The highest BCUT2D eigenvalue weighted by atomic mass is 32.1. The number of amidine groups is 1. The molecule has 1 aliphatic heterocycles. The van der Waals surface area contributed by atoms with Gasteiger partial charge in [-0.1, -0.05) is 37.3 Å². The molecule has 5 N–H and O–H groups in total. The van der Waals surface area contributed by atoms with Crippen LogP contribution < -0.4 is 21.1 Å². The van der Waals surface area contributed by atoms with Crippen molar-refractivity contribution in [2.45, 2.75) is 38.4 Å². The minimum Gasteiger partial charge on any atom is -0.457 e. The second-order valence-electron chi connectivity index (χ2n) is 9.92. The Bertz CT molecular complexity index is 1390. The molecule has 1 saturated carbocycles. The fourth-order valence-electron chi connectivity index (χ4n) is 4.97. The molecule has 1 aliphatic carbocycles. The van der Waals surface area contributed by atoms with Crippen molar-refractivity contribution in [3.63, 3.8) is 0 Å².